The van der Waals surface area contributed by atoms with E-state index in [9.17, 15) is 4.57 Å². The fourth-order valence-corrected chi connectivity index (χ4v) is 1.66. The topological polar surface area (TPSA) is 55.8 Å². The van der Waals surface area contributed by atoms with E-state index in [2.05, 4.69) is 9.05 Å². The summed E-state index contributed by atoms with van der Waals surface area (Å²) in [7, 11) is -2.84. The molecule has 7 heteroatoms. The molecule has 1 fully saturated rings. The zero-order chi connectivity index (χ0) is 8.70. The summed E-state index contributed by atoms with van der Waals surface area (Å²) in [5.74, 6) is 0. The van der Waals surface area contributed by atoms with Crippen LogP contribution in [0.1, 0.15) is 6.42 Å². The zero-order valence-corrected chi connectivity index (χ0v) is 8.07. The Bertz CT molecular complexity index is 206. The van der Waals surface area contributed by atoms with Gasteiger partial charge in [-0.15, -0.1) is 0 Å². The smallest absolute Gasteiger partial charge is 0.302 e. The SMILES string of the molecule is COP(=O)(O)OC1CC1(Cl)Cl. The van der Waals surface area contributed by atoms with E-state index in [-0.39, 0.29) is 0 Å². The van der Waals surface area contributed by atoms with Crippen LogP contribution in [0.5, 0.6) is 0 Å². The Morgan fingerprint density at radius 1 is 1.73 bits per heavy atom. The number of phosphoric ester groups is 1. The molecule has 0 amide bonds. The third-order valence-corrected chi connectivity index (χ3v) is 3.04. The first-order valence-corrected chi connectivity index (χ1v) is 5.07. The maximum absolute atomic E-state index is 10.7. The van der Waals surface area contributed by atoms with E-state index in [1.165, 1.54) is 0 Å². The summed E-state index contributed by atoms with van der Waals surface area (Å²) in [5, 5.41) is 0. The first-order chi connectivity index (χ1) is 4.87. The molecule has 0 aromatic carbocycles. The standard InChI is InChI=1S/C4H7Cl2O4P/c1-9-11(7,8)10-3-2-4(3,5)6/h3H,2H2,1H3,(H,7,8). The molecule has 66 valence electrons. The predicted octanol–water partition coefficient (Wildman–Crippen LogP) is 1.70. The number of alkyl halides is 2. The lowest BCUT2D eigenvalue weighted by Gasteiger charge is -2.08. The van der Waals surface area contributed by atoms with Crippen LogP contribution in [-0.2, 0) is 13.6 Å². The van der Waals surface area contributed by atoms with E-state index < -0.39 is 18.3 Å². The molecule has 2 unspecified atom stereocenters. The molecule has 11 heavy (non-hydrogen) atoms. The van der Waals surface area contributed by atoms with Gasteiger partial charge in [-0.3, -0.25) is 9.05 Å². The van der Waals surface area contributed by atoms with Crippen LogP contribution in [0.3, 0.4) is 0 Å². The molecule has 2 atom stereocenters. The summed E-state index contributed by atoms with van der Waals surface area (Å²) >= 11 is 11.0. The van der Waals surface area contributed by atoms with Crippen molar-refractivity contribution in [3.8, 4) is 0 Å². The van der Waals surface area contributed by atoms with Gasteiger partial charge >= 0.3 is 7.82 Å². The van der Waals surface area contributed by atoms with Crippen LogP contribution >= 0.6 is 31.0 Å². The van der Waals surface area contributed by atoms with Gasteiger partial charge in [-0.05, 0) is 0 Å². The van der Waals surface area contributed by atoms with Crippen molar-refractivity contribution in [3.63, 3.8) is 0 Å². The van der Waals surface area contributed by atoms with Gasteiger partial charge in [0.2, 0.25) is 0 Å². The van der Waals surface area contributed by atoms with Crippen molar-refractivity contribution in [1.29, 1.82) is 0 Å². The van der Waals surface area contributed by atoms with Crippen LogP contribution in [0.4, 0.5) is 0 Å². The molecule has 1 aliphatic carbocycles. The van der Waals surface area contributed by atoms with Crippen LogP contribution in [0, 0.1) is 0 Å². The van der Waals surface area contributed by atoms with Gasteiger partial charge < -0.3 is 4.89 Å². The number of phosphoric acid groups is 1. The van der Waals surface area contributed by atoms with Crippen LogP contribution in [0.15, 0.2) is 0 Å². The summed E-state index contributed by atoms with van der Waals surface area (Å²) in [6, 6.07) is 0. The van der Waals surface area contributed by atoms with Crippen LogP contribution in [0.2, 0.25) is 0 Å². The monoisotopic (exact) mass is 220 g/mol. The molecule has 0 aliphatic heterocycles. The van der Waals surface area contributed by atoms with Gasteiger partial charge in [0.15, 0.2) is 0 Å². The Morgan fingerprint density at radius 2 is 2.18 bits per heavy atom. The average molecular weight is 221 g/mol. The van der Waals surface area contributed by atoms with Gasteiger partial charge in [0, 0.05) is 13.5 Å². The van der Waals surface area contributed by atoms with Crippen LogP contribution < -0.4 is 0 Å². The van der Waals surface area contributed by atoms with Crippen molar-refractivity contribution in [1.82, 2.24) is 0 Å². The largest absolute Gasteiger partial charge is 0.472 e. The van der Waals surface area contributed by atoms with Gasteiger partial charge in [0.05, 0.1) is 0 Å². The zero-order valence-electron chi connectivity index (χ0n) is 5.66. The normalized spacial score (nSPS) is 32.9. The second-order valence-corrected chi connectivity index (χ2v) is 5.27. The lowest BCUT2D eigenvalue weighted by atomic mass is 10.9. The highest BCUT2D eigenvalue weighted by Gasteiger charge is 2.56. The minimum atomic E-state index is -3.92. The molecule has 1 aliphatic rings. The van der Waals surface area contributed by atoms with E-state index in [4.69, 9.17) is 28.1 Å². The molecule has 0 saturated heterocycles. The Balaban J connectivity index is 2.40. The fourth-order valence-electron chi connectivity index (χ4n) is 0.506. The van der Waals surface area contributed by atoms with Gasteiger partial charge in [-0.1, -0.05) is 23.2 Å². The van der Waals surface area contributed by atoms with E-state index in [1.807, 2.05) is 0 Å². The molecular weight excluding hydrogens is 214 g/mol. The number of hydrogen-bond donors (Lipinski definition) is 1. The Hall–Kier alpha value is 0.690. The Morgan fingerprint density at radius 3 is 2.45 bits per heavy atom. The molecule has 0 radical (unpaired) electrons. The second kappa shape index (κ2) is 2.87. The first-order valence-electron chi connectivity index (χ1n) is 2.82. The van der Waals surface area contributed by atoms with E-state index >= 15 is 0 Å². The molecular formula is C4H7Cl2O4P. The summed E-state index contributed by atoms with van der Waals surface area (Å²) < 4.78 is 18.4. The third kappa shape index (κ3) is 2.58. The van der Waals surface area contributed by atoms with Crippen molar-refractivity contribution < 1.29 is 18.5 Å². The van der Waals surface area contributed by atoms with E-state index in [0.29, 0.717) is 6.42 Å². The molecule has 0 spiro atoms. The van der Waals surface area contributed by atoms with Crippen molar-refractivity contribution in [2.24, 2.45) is 0 Å². The highest BCUT2D eigenvalue weighted by molar-refractivity contribution is 7.47. The molecule has 1 saturated carbocycles. The molecule has 0 heterocycles. The summed E-state index contributed by atoms with van der Waals surface area (Å²) in [6.07, 6.45) is -0.245. The maximum Gasteiger partial charge on any atom is 0.472 e. The van der Waals surface area contributed by atoms with Gasteiger partial charge in [0.1, 0.15) is 10.4 Å². The van der Waals surface area contributed by atoms with Crippen molar-refractivity contribution in [2.45, 2.75) is 16.9 Å². The van der Waals surface area contributed by atoms with E-state index in [0.717, 1.165) is 7.11 Å². The molecule has 0 aromatic rings. The third-order valence-electron chi connectivity index (χ3n) is 1.26. The second-order valence-electron chi connectivity index (χ2n) is 2.21. The van der Waals surface area contributed by atoms with Crippen molar-refractivity contribution >= 4 is 31.0 Å². The number of halogens is 2. The first kappa shape index (κ1) is 9.78. The Kier molecular flexibility index (Phi) is 2.55. The van der Waals surface area contributed by atoms with Gasteiger partial charge in [-0.25, -0.2) is 4.57 Å². The predicted molar refractivity (Wildman–Crippen MR) is 40.8 cm³/mol. The quantitative estimate of drug-likeness (QED) is 0.581. The van der Waals surface area contributed by atoms with E-state index in [1.54, 1.807) is 0 Å². The molecule has 0 bridgehead atoms. The summed E-state index contributed by atoms with van der Waals surface area (Å²) in [6.45, 7) is 0. The van der Waals surface area contributed by atoms with Gasteiger partial charge in [0.25, 0.3) is 0 Å². The minimum Gasteiger partial charge on any atom is -0.302 e. The van der Waals surface area contributed by atoms with Crippen molar-refractivity contribution in [3.05, 3.63) is 0 Å². The highest BCUT2D eigenvalue weighted by atomic mass is 35.5. The van der Waals surface area contributed by atoms with Crippen LogP contribution in [-0.4, -0.2) is 22.4 Å². The summed E-state index contributed by atoms with van der Waals surface area (Å²) in [4.78, 5) is 8.76. The highest BCUT2D eigenvalue weighted by Crippen LogP contribution is 2.57. The lowest BCUT2D eigenvalue weighted by molar-refractivity contribution is 0.164. The van der Waals surface area contributed by atoms with Crippen LogP contribution in [0.25, 0.3) is 0 Å². The molecule has 1 rings (SSSR count). The molecule has 4 nitrogen and oxygen atoms in total. The molecule has 1 N–H and O–H groups in total. The summed E-state index contributed by atoms with van der Waals surface area (Å²) in [5.41, 5.74) is 0. The van der Waals surface area contributed by atoms with Gasteiger partial charge in [-0.2, -0.15) is 0 Å². The number of hydrogen-bond acceptors (Lipinski definition) is 3. The van der Waals surface area contributed by atoms with Crippen molar-refractivity contribution in [2.75, 3.05) is 7.11 Å². The maximum atomic E-state index is 10.7. The minimum absolute atomic E-state index is 0.351. The molecule has 0 aromatic heterocycles. The fraction of sp³-hybridized carbons (Fsp3) is 1.00. The number of rotatable bonds is 3. The Labute approximate surface area is 74.0 Å². The average Bonchev–Trinajstić information content (AvgIpc) is 2.39. The lowest BCUT2D eigenvalue weighted by Crippen LogP contribution is -2.01.